The van der Waals surface area contributed by atoms with E-state index in [0.29, 0.717) is 17.3 Å². The monoisotopic (exact) mass is 290 g/mol. The molecule has 5 heteroatoms. The fourth-order valence-corrected chi connectivity index (χ4v) is 2.23. The Labute approximate surface area is 105 Å². The summed E-state index contributed by atoms with van der Waals surface area (Å²) in [6.45, 7) is 2.32. The quantitative estimate of drug-likeness (QED) is 0.765. The first-order valence-electron chi connectivity index (χ1n) is 5.71. The Balaban J connectivity index is 2.18. The molecule has 4 nitrogen and oxygen atoms in total. The summed E-state index contributed by atoms with van der Waals surface area (Å²) in [6.07, 6.45) is 4.19. The van der Waals surface area contributed by atoms with Crippen LogP contribution in [0.25, 0.3) is 0 Å². The summed E-state index contributed by atoms with van der Waals surface area (Å²) in [5.41, 5.74) is 0. The lowest BCUT2D eigenvalue weighted by atomic mass is 9.86. The number of hydrogen-bond donors (Lipinski definition) is 2. The molecule has 0 heterocycles. The first-order chi connectivity index (χ1) is 7.61. The van der Waals surface area contributed by atoms with Crippen molar-refractivity contribution in [2.24, 2.45) is 5.92 Å². The predicted molar refractivity (Wildman–Crippen MR) is 66.4 cm³/mol. The van der Waals surface area contributed by atoms with E-state index in [1.165, 1.54) is 0 Å². The molecule has 0 aromatic carbocycles. The van der Waals surface area contributed by atoms with E-state index in [1.54, 1.807) is 6.92 Å². The van der Waals surface area contributed by atoms with E-state index in [2.05, 4.69) is 26.6 Å². The van der Waals surface area contributed by atoms with Gasteiger partial charge in [-0.25, -0.2) is 0 Å². The van der Waals surface area contributed by atoms with E-state index in [4.69, 9.17) is 0 Å². The van der Waals surface area contributed by atoms with Crippen LogP contribution in [-0.4, -0.2) is 29.7 Å². The van der Waals surface area contributed by atoms with E-state index >= 15 is 0 Å². The summed E-state index contributed by atoms with van der Waals surface area (Å²) in [7, 11) is 0. The van der Waals surface area contributed by atoms with Gasteiger partial charge >= 0.3 is 0 Å². The Bertz CT molecular complexity index is 250. The van der Waals surface area contributed by atoms with E-state index in [9.17, 15) is 9.59 Å². The molecular formula is C11H19BrN2O2. The van der Waals surface area contributed by atoms with Gasteiger partial charge in [0.2, 0.25) is 11.8 Å². The van der Waals surface area contributed by atoms with Crippen LogP contribution in [0.2, 0.25) is 0 Å². The van der Waals surface area contributed by atoms with Crippen LogP contribution in [0.3, 0.4) is 0 Å². The zero-order valence-corrected chi connectivity index (χ0v) is 11.2. The Morgan fingerprint density at radius 2 is 1.88 bits per heavy atom. The van der Waals surface area contributed by atoms with Crippen LogP contribution in [-0.2, 0) is 9.59 Å². The van der Waals surface area contributed by atoms with Gasteiger partial charge in [0.25, 0.3) is 0 Å². The van der Waals surface area contributed by atoms with Gasteiger partial charge in [-0.05, 0) is 31.6 Å². The summed E-state index contributed by atoms with van der Waals surface area (Å²) in [4.78, 5) is 21.9. The van der Waals surface area contributed by atoms with Gasteiger partial charge < -0.3 is 10.6 Å². The van der Waals surface area contributed by atoms with Crippen LogP contribution in [0.15, 0.2) is 0 Å². The van der Waals surface area contributed by atoms with E-state index in [-0.39, 0.29) is 11.8 Å². The molecule has 1 rings (SSSR count). The molecule has 0 spiro atoms. The van der Waals surface area contributed by atoms with Crippen molar-refractivity contribution in [2.45, 2.75) is 38.6 Å². The van der Waals surface area contributed by atoms with E-state index in [0.717, 1.165) is 32.2 Å². The van der Waals surface area contributed by atoms with Gasteiger partial charge in [0.15, 0.2) is 0 Å². The van der Waals surface area contributed by atoms with Gasteiger partial charge in [-0.15, -0.1) is 0 Å². The minimum Gasteiger partial charge on any atom is -0.356 e. The van der Waals surface area contributed by atoms with Crippen molar-refractivity contribution in [3.05, 3.63) is 0 Å². The fourth-order valence-electron chi connectivity index (χ4n) is 2.07. The molecular weight excluding hydrogens is 272 g/mol. The van der Waals surface area contributed by atoms with Gasteiger partial charge in [-0.2, -0.15) is 0 Å². The maximum absolute atomic E-state index is 11.2. The number of alkyl halides is 1. The minimum atomic E-state index is 0.0368. The Hall–Kier alpha value is -0.580. The lowest BCUT2D eigenvalue weighted by molar-refractivity contribution is -0.119. The van der Waals surface area contributed by atoms with Gasteiger partial charge in [0, 0.05) is 19.5 Å². The molecule has 16 heavy (non-hydrogen) atoms. The highest BCUT2D eigenvalue weighted by Crippen LogP contribution is 2.23. The normalized spacial score (nSPS) is 24.9. The summed E-state index contributed by atoms with van der Waals surface area (Å²) in [5, 5.41) is 6.20. The number of halogens is 1. The third-order valence-corrected chi connectivity index (χ3v) is 3.48. The average Bonchev–Trinajstić information content (AvgIpc) is 2.28. The fraction of sp³-hybridized carbons (Fsp3) is 0.818. The largest absolute Gasteiger partial charge is 0.356 e. The highest BCUT2D eigenvalue weighted by Gasteiger charge is 2.21. The van der Waals surface area contributed by atoms with Crippen molar-refractivity contribution in [3.63, 3.8) is 0 Å². The van der Waals surface area contributed by atoms with E-state index in [1.807, 2.05) is 0 Å². The Morgan fingerprint density at radius 3 is 2.38 bits per heavy atom. The van der Waals surface area contributed by atoms with Crippen LogP contribution < -0.4 is 10.6 Å². The number of nitrogens with one attached hydrogen (secondary N) is 2. The molecule has 0 aromatic heterocycles. The molecule has 0 atom stereocenters. The van der Waals surface area contributed by atoms with Crippen molar-refractivity contribution in [1.82, 2.24) is 10.6 Å². The molecule has 0 saturated heterocycles. The first-order valence-corrected chi connectivity index (χ1v) is 6.83. The van der Waals surface area contributed by atoms with Crippen LogP contribution in [0.1, 0.15) is 32.6 Å². The number of carbonyl (C=O) groups is 2. The van der Waals surface area contributed by atoms with Gasteiger partial charge in [0.1, 0.15) is 0 Å². The highest BCUT2D eigenvalue weighted by atomic mass is 79.9. The molecule has 0 bridgehead atoms. The maximum atomic E-state index is 11.2. The van der Waals surface area contributed by atoms with Crippen molar-refractivity contribution in [2.75, 3.05) is 11.9 Å². The van der Waals surface area contributed by atoms with Crippen LogP contribution >= 0.6 is 15.9 Å². The SMILES string of the molecule is CC(=O)NCC1CCC(NC(=O)CBr)CC1. The van der Waals surface area contributed by atoms with Crippen molar-refractivity contribution in [3.8, 4) is 0 Å². The second-order valence-corrected chi connectivity index (χ2v) is 4.92. The maximum Gasteiger partial charge on any atom is 0.230 e. The molecule has 92 valence electrons. The van der Waals surface area contributed by atoms with E-state index < -0.39 is 0 Å². The second kappa shape index (κ2) is 6.89. The van der Waals surface area contributed by atoms with Gasteiger partial charge in [0.05, 0.1) is 5.33 Å². The van der Waals surface area contributed by atoms with Crippen molar-refractivity contribution in [1.29, 1.82) is 0 Å². The lowest BCUT2D eigenvalue weighted by Crippen LogP contribution is -2.39. The number of amides is 2. The standard InChI is InChI=1S/C11H19BrN2O2/c1-8(15)13-7-9-2-4-10(5-3-9)14-11(16)6-12/h9-10H,2-7H2,1H3,(H,13,15)(H,14,16). The molecule has 1 aliphatic rings. The molecule has 2 N–H and O–H groups in total. The Kier molecular flexibility index (Phi) is 5.80. The smallest absolute Gasteiger partial charge is 0.230 e. The summed E-state index contributed by atoms with van der Waals surface area (Å²) < 4.78 is 0. The number of hydrogen-bond acceptors (Lipinski definition) is 2. The molecule has 1 aliphatic carbocycles. The molecule has 2 amide bonds. The third-order valence-electron chi connectivity index (χ3n) is 2.97. The van der Waals surface area contributed by atoms with Crippen LogP contribution in [0, 0.1) is 5.92 Å². The zero-order valence-electron chi connectivity index (χ0n) is 9.59. The topological polar surface area (TPSA) is 58.2 Å². The highest BCUT2D eigenvalue weighted by molar-refractivity contribution is 9.09. The average molecular weight is 291 g/mol. The third kappa shape index (κ3) is 4.96. The zero-order chi connectivity index (χ0) is 12.0. The second-order valence-electron chi connectivity index (χ2n) is 4.36. The molecule has 1 fully saturated rings. The molecule has 0 aromatic rings. The van der Waals surface area contributed by atoms with Gasteiger partial charge in [-0.3, -0.25) is 9.59 Å². The van der Waals surface area contributed by atoms with Crippen molar-refractivity contribution < 1.29 is 9.59 Å². The summed E-state index contributed by atoms with van der Waals surface area (Å²) in [5.74, 6) is 0.668. The minimum absolute atomic E-state index is 0.0368. The molecule has 1 saturated carbocycles. The number of carbonyl (C=O) groups excluding carboxylic acids is 2. The number of rotatable bonds is 4. The van der Waals surface area contributed by atoms with Crippen LogP contribution in [0.5, 0.6) is 0 Å². The van der Waals surface area contributed by atoms with Crippen LogP contribution in [0.4, 0.5) is 0 Å². The predicted octanol–water partition coefficient (Wildman–Crippen LogP) is 1.19. The van der Waals surface area contributed by atoms with Crippen molar-refractivity contribution >= 4 is 27.7 Å². The lowest BCUT2D eigenvalue weighted by Gasteiger charge is -2.28. The summed E-state index contributed by atoms with van der Waals surface area (Å²) >= 11 is 3.13. The molecule has 0 unspecified atom stereocenters. The first kappa shape index (κ1) is 13.5. The Morgan fingerprint density at radius 1 is 1.25 bits per heavy atom. The van der Waals surface area contributed by atoms with Gasteiger partial charge in [-0.1, -0.05) is 15.9 Å². The molecule has 0 aliphatic heterocycles. The summed E-state index contributed by atoms with van der Waals surface area (Å²) in [6, 6.07) is 0.318. The molecule has 0 radical (unpaired) electrons.